The fraction of sp³-hybridized carbons (Fsp3) is 0.367. The normalized spacial score (nSPS) is 14.9. The second kappa shape index (κ2) is 12.6. The minimum atomic E-state index is -3.63. The van der Waals surface area contributed by atoms with E-state index in [1.807, 2.05) is 36.4 Å². The number of methoxy groups -OCH3 is 3. The van der Waals surface area contributed by atoms with Crippen LogP contribution in [0.15, 0.2) is 65.6 Å². The van der Waals surface area contributed by atoms with Gasteiger partial charge in [0.05, 0.1) is 32.3 Å². The third-order valence-corrected chi connectivity index (χ3v) is 9.24. The van der Waals surface area contributed by atoms with Crippen LogP contribution < -0.4 is 18.9 Å². The summed E-state index contributed by atoms with van der Waals surface area (Å²) in [4.78, 5) is 15.8. The van der Waals surface area contributed by atoms with Crippen LogP contribution in [0.2, 0.25) is 0 Å². The van der Waals surface area contributed by atoms with Crippen molar-refractivity contribution in [3.63, 3.8) is 0 Å². The predicted octanol–water partition coefficient (Wildman–Crippen LogP) is 4.56. The molecule has 40 heavy (non-hydrogen) atoms. The quantitative estimate of drug-likeness (QED) is 0.335. The van der Waals surface area contributed by atoms with Crippen molar-refractivity contribution in [3.8, 4) is 23.0 Å². The van der Waals surface area contributed by atoms with Gasteiger partial charge in [0.15, 0.2) is 23.0 Å². The van der Waals surface area contributed by atoms with Gasteiger partial charge in [-0.1, -0.05) is 26.0 Å². The Balaban J connectivity index is 1.68. The largest absolute Gasteiger partial charge is 0.493 e. The van der Waals surface area contributed by atoms with Crippen molar-refractivity contribution < 1.29 is 32.2 Å². The highest BCUT2D eigenvalue weighted by Crippen LogP contribution is 2.39. The zero-order valence-electron chi connectivity index (χ0n) is 23.5. The zero-order valence-corrected chi connectivity index (χ0v) is 24.4. The third-order valence-electron chi connectivity index (χ3n) is 7.17. The van der Waals surface area contributed by atoms with Crippen molar-refractivity contribution in [2.45, 2.75) is 31.2 Å². The van der Waals surface area contributed by atoms with Gasteiger partial charge in [0.1, 0.15) is 6.61 Å². The van der Waals surface area contributed by atoms with Crippen LogP contribution >= 0.6 is 0 Å². The summed E-state index contributed by atoms with van der Waals surface area (Å²) in [5.74, 6) is 2.12. The number of carbonyl (C=O) groups is 1. The maximum Gasteiger partial charge on any atom is 0.254 e. The van der Waals surface area contributed by atoms with Gasteiger partial charge in [0.2, 0.25) is 10.0 Å². The number of hydrogen-bond acceptors (Lipinski definition) is 7. The second-order valence-corrected chi connectivity index (χ2v) is 11.2. The average Bonchev–Trinajstić information content (AvgIpc) is 2.99. The van der Waals surface area contributed by atoms with E-state index in [0.29, 0.717) is 54.6 Å². The van der Waals surface area contributed by atoms with E-state index in [4.69, 9.17) is 18.9 Å². The van der Waals surface area contributed by atoms with Gasteiger partial charge in [-0.2, -0.15) is 4.31 Å². The Labute approximate surface area is 236 Å². The highest BCUT2D eigenvalue weighted by atomic mass is 32.2. The van der Waals surface area contributed by atoms with E-state index in [9.17, 15) is 13.2 Å². The van der Waals surface area contributed by atoms with E-state index in [1.165, 1.54) is 16.4 Å². The Morgan fingerprint density at radius 3 is 2.08 bits per heavy atom. The number of sulfonamides is 1. The Morgan fingerprint density at radius 1 is 0.875 bits per heavy atom. The first kappa shape index (κ1) is 29.2. The molecule has 1 aliphatic rings. The van der Waals surface area contributed by atoms with Crippen LogP contribution in [0.3, 0.4) is 0 Å². The van der Waals surface area contributed by atoms with Gasteiger partial charge in [-0.05, 0) is 66.1 Å². The van der Waals surface area contributed by atoms with Gasteiger partial charge in [0, 0.05) is 25.2 Å². The minimum absolute atomic E-state index is 0.157. The van der Waals surface area contributed by atoms with Crippen LogP contribution in [0.25, 0.3) is 0 Å². The fourth-order valence-electron chi connectivity index (χ4n) is 5.01. The molecule has 1 atom stereocenters. The van der Waals surface area contributed by atoms with E-state index in [2.05, 4.69) is 0 Å². The molecule has 10 heteroatoms. The molecule has 214 valence electrons. The Morgan fingerprint density at radius 2 is 1.48 bits per heavy atom. The number of nitrogens with zero attached hydrogens (tertiary/aromatic N) is 2. The van der Waals surface area contributed by atoms with E-state index in [0.717, 1.165) is 11.1 Å². The maximum atomic E-state index is 13.9. The lowest BCUT2D eigenvalue weighted by Crippen LogP contribution is -2.42. The molecular formula is C30H36N2O7S. The third kappa shape index (κ3) is 5.73. The molecule has 3 aromatic rings. The summed E-state index contributed by atoms with van der Waals surface area (Å²) in [5.41, 5.74) is 2.33. The molecule has 0 radical (unpaired) electrons. The van der Waals surface area contributed by atoms with Crippen LogP contribution in [0.4, 0.5) is 0 Å². The van der Waals surface area contributed by atoms with Crippen LogP contribution in [0.1, 0.15) is 41.4 Å². The summed E-state index contributed by atoms with van der Waals surface area (Å²) in [6, 6.07) is 16.9. The molecule has 1 unspecified atom stereocenters. The molecule has 1 heterocycles. The molecule has 0 aromatic heterocycles. The van der Waals surface area contributed by atoms with Gasteiger partial charge in [-0.15, -0.1) is 0 Å². The van der Waals surface area contributed by atoms with Gasteiger partial charge in [-0.25, -0.2) is 8.42 Å². The summed E-state index contributed by atoms with van der Waals surface area (Å²) in [6.45, 7) is 4.95. The first-order valence-corrected chi connectivity index (χ1v) is 14.6. The number of carbonyl (C=O) groups excluding carboxylic acids is 1. The van der Waals surface area contributed by atoms with Crippen molar-refractivity contribution >= 4 is 15.9 Å². The van der Waals surface area contributed by atoms with Crippen molar-refractivity contribution in [2.24, 2.45) is 0 Å². The highest BCUT2D eigenvalue weighted by molar-refractivity contribution is 7.89. The van der Waals surface area contributed by atoms with Crippen molar-refractivity contribution in [1.82, 2.24) is 9.21 Å². The number of fused-ring (bicyclic) bond motifs is 1. The highest BCUT2D eigenvalue weighted by Gasteiger charge is 2.34. The van der Waals surface area contributed by atoms with Gasteiger partial charge in [-0.3, -0.25) is 4.79 Å². The van der Waals surface area contributed by atoms with E-state index < -0.39 is 16.1 Å². The average molecular weight is 569 g/mol. The van der Waals surface area contributed by atoms with E-state index in [-0.39, 0.29) is 17.4 Å². The minimum Gasteiger partial charge on any atom is -0.493 e. The lowest BCUT2D eigenvalue weighted by Gasteiger charge is -2.37. The molecule has 4 rings (SSSR count). The standard InChI is InChI=1S/C30H36N2O7S/c1-6-31(7-2)40(34,35)23-14-12-21(13-15-23)30(33)32-17-16-22-18-28(37-4)29(38-5)19-24(22)25(32)20-39-27-11-9-8-10-26(27)36-3/h8-15,18-19,25H,6-7,16-17,20H2,1-5H3. The van der Waals surface area contributed by atoms with Crippen molar-refractivity contribution in [1.29, 1.82) is 0 Å². The molecule has 0 N–H and O–H groups in total. The molecule has 0 saturated carbocycles. The summed E-state index contributed by atoms with van der Waals surface area (Å²) in [7, 11) is 1.12. The topological polar surface area (TPSA) is 94.6 Å². The fourth-order valence-corrected chi connectivity index (χ4v) is 6.46. The Bertz CT molecular complexity index is 1440. The van der Waals surface area contributed by atoms with Crippen LogP contribution in [0, 0.1) is 0 Å². The SMILES string of the molecule is CCN(CC)S(=O)(=O)c1ccc(C(=O)N2CCc3cc(OC)c(OC)cc3C2COc2ccccc2OC)cc1. The van der Waals surface area contributed by atoms with Crippen molar-refractivity contribution in [2.75, 3.05) is 47.6 Å². The molecule has 0 fully saturated rings. The van der Waals surface area contributed by atoms with Crippen LogP contribution in [0.5, 0.6) is 23.0 Å². The summed E-state index contributed by atoms with van der Waals surface area (Å²) < 4.78 is 50.0. The predicted molar refractivity (Wildman–Crippen MR) is 152 cm³/mol. The molecule has 0 bridgehead atoms. The molecular weight excluding hydrogens is 532 g/mol. The lowest BCUT2D eigenvalue weighted by atomic mass is 9.91. The van der Waals surface area contributed by atoms with Gasteiger partial charge < -0.3 is 23.8 Å². The number of benzene rings is 3. The summed E-state index contributed by atoms with van der Waals surface area (Å²) in [5, 5.41) is 0. The maximum absolute atomic E-state index is 13.9. The van der Waals surface area contributed by atoms with Gasteiger partial charge in [0.25, 0.3) is 5.91 Å². The molecule has 0 spiro atoms. The number of amides is 1. The van der Waals surface area contributed by atoms with Crippen LogP contribution in [-0.4, -0.2) is 71.1 Å². The smallest absolute Gasteiger partial charge is 0.254 e. The molecule has 1 aliphatic heterocycles. The number of hydrogen-bond donors (Lipinski definition) is 0. The number of rotatable bonds is 11. The molecule has 0 aliphatic carbocycles. The second-order valence-electron chi connectivity index (χ2n) is 9.25. The first-order valence-electron chi connectivity index (χ1n) is 13.2. The monoisotopic (exact) mass is 568 g/mol. The van der Waals surface area contributed by atoms with Gasteiger partial charge >= 0.3 is 0 Å². The molecule has 1 amide bonds. The molecule has 3 aromatic carbocycles. The first-order chi connectivity index (χ1) is 19.3. The van der Waals surface area contributed by atoms with Crippen LogP contribution in [-0.2, 0) is 16.4 Å². The zero-order chi connectivity index (χ0) is 28.9. The van der Waals surface area contributed by atoms with E-state index >= 15 is 0 Å². The Kier molecular flexibility index (Phi) is 9.21. The summed E-state index contributed by atoms with van der Waals surface area (Å²) in [6.07, 6.45) is 0.612. The summed E-state index contributed by atoms with van der Waals surface area (Å²) >= 11 is 0. The molecule has 0 saturated heterocycles. The Hall–Kier alpha value is -3.76. The van der Waals surface area contributed by atoms with Crippen molar-refractivity contribution in [3.05, 3.63) is 77.4 Å². The number of ether oxygens (including phenoxy) is 4. The number of para-hydroxylation sites is 2. The van der Waals surface area contributed by atoms with E-state index in [1.54, 1.807) is 52.2 Å². The lowest BCUT2D eigenvalue weighted by molar-refractivity contribution is 0.0587. The molecule has 9 nitrogen and oxygen atoms in total.